The van der Waals surface area contributed by atoms with E-state index in [4.69, 9.17) is 10.8 Å². The minimum atomic E-state index is -1.30. The molecule has 2 rings (SSSR count). The molecule has 0 aliphatic heterocycles. The van der Waals surface area contributed by atoms with Crippen LogP contribution in [0.15, 0.2) is 4.60 Å². The van der Waals surface area contributed by atoms with E-state index in [0.29, 0.717) is 16.7 Å². The summed E-state index contributed by atoms with van der Waals surface area (Å²) in [6.45, 7) is 0. The molecule has 1 aliphatic carbocycles. The molecule has 76 valence electrons. The monoisotopic (exact) mass is 259 g/mol. The number of nitrogens with two attached hydrogens (primary N) is 1. The lowest BCUT2D eigenvalue weighted by molar-refractivity contribution is -0.144. The van der Waals surface area contributed by atoms with E-state index >= 15 is 0 Å². The number of fused-ring (bicyclic) bond motifs is 1. The van der Waals surface area contributed by atoms with Crippen LogP contribution in [0.5, 0.6) is 0 Å². The number of aromatic amines is 1. The second-order valence-electron chi connectivity index (χ2n) is 3.50. The second-order valence-corrected chi connectivity index (χ2v) is 4.25. The minimum absolute atomic E-state index is 0.448. The molecule has 1 heterocycles. The summed E-state index contributed by atoms with van der Waals surface area (Å²) in [5, 5.41) is 15.7. The number of aromatic nitrogens is 2. The van der Waals surface area contributed by atoms with Gasteiger partial charge in [-0.05, 0) is 35.2 Å². The minimum Gasteiger partial charge on any atom is -0.480 e. The average molecular weight is 260 g/mol. The number of carboxylic acid groups (broad SMARTS) is 1. The molecular weight excluding hydrogens is 250 g/mol. The molecule has 0 amide bonds. The number of nitrogens with one attached hydrogen (secondary N) is 1. The van der Waals surface area contributed by atoms with Crippen LogP contribution in [0.2, 0.25) is 0 Å². The van der Waals surface area contributed by atoms with Crippen molar-refractivity contribution in [2.75, 3.05) is 0 Å². The smallest absolute Gasteiger partial charge is 0.329 e. The van der Waals surface area contributed by atoms with E-state index in [1.54, 1.807) is 0 Å². The fourth-order valence-electron chi connectivity index (χ4n) is 1.82. The highest BCUT2D eigenvalue weighted by molar-refractivity contribution is 9.10. The molecule has 5 nitrogen and oxygen atoms in total. The maximum Gasteiger partial charge on any atom is 0.329 e. The Labute approximate surface area is 88.8 Å². The van der Waals surface area contributed by atoms with Crippen LogP contribution in [0.25, 0.3) is 0 Å². The largest absolute Gasteiger partial charge is 0.480 e. The third kappa shape index (κ3) is 1.18. The van der Waals surface area contributed by atoms with E-state index in [2.05, 4.69) is 26.1 Å². The number of hydrogen-bond acceptors (Lipinski definition) is 3. The summed E-state index contributed by atoms with van der Waals surface area (Å²) in [6, 6.07) is 0. The van der Waals surface area contributed by atoms with Crippen molar-refractivity contribution in [1.29, 1.82) is 0 Å². The van der Waals surface area contributed by atoms with Crippen LogP contribution >= 0.6 is 15.9 Å². The van der Waals surface area contributed by atoms with Gasteiger partial charge < -0.3 is 10.8 Å². The summed E-state index contributed by atoms with van der Waals surface area (Å²) in [6.07, 6.45) is 2.04. The Morgan fingerprint density at radius 3 is 3.07 bits per heavy atom. The van der Waals surface area contributed by atoms with Crippen molar-refractivity contribution in [2.45, 2.75) is 24.8 Å². The fraction of sp³-hybridized carbons (Fsp3) is 0.500. The average Bonchev–Trinajstić information content (AvgIpc) is 2.50. The molecule has 0 aromatic carbocycles. The first kappa shape index (κ1) is 9.67. The normalized spacial score (nSPS) is 25.9. The Bertz CT molecular complexity index is 390. The standard InChI is InChI=1S/C8H10BrN3O2/c9-6-4-2-1-3-8(10,7(13)14)5(4)11-12-6/h1-3,10H2,(H,11,12)(H,13,14). The van der Waals surface area contributed by atoms with Crippen LogP contribution in [0.4, 0.5) is 0 Å². The molecule has 1 atom stereocenters. The summed E-state index contributed by atoms with van der Waals surface area (Å²) in [7, 11) is 0. The zero-order chi connectivity index (χ0) is 10.3. The third-order valence-corrected chi connectivity index (χ3v) is 3.30. The van der Waals surface area contributed by atoms with Gasteiger partial charge in [0.15, 0.2) is 5.54 Å². The first-order chi connectivity index (χ1) is 6.55. The number of rotatable bonds is 1. The molecule has 0 saturated carbocycles. The number of nitrogens with zero attached hydrogens (tertiary/aromatic N) is 1. The van der Waals surface area contributed by atoms with Crippen molar-refractivity contribution < 1.29 is 9.90 Å². The molecule has 14 heavy (non-hydrogen) atoms. The Morgan fingerprint density at radius 2 is 2.43 bits per heavy atom. The van der Waals surface area contributed by atoms with Gasteiger partial charge in [-0.15, -0.1) is 0 Å². The van der Waals surface area contributed by atoms with Crippen molar-refractivity contribution in [3.05, 3.63) is 15.9 Å². The van der Waals surface area contributed by atoms with Crippen molar-refractivity contribution in [2.24, 2.45) is 5.73 Å². The summed E-state index contributed by atoms with van der Waals surface area (Å²) < 4.78 is 0.670. The van der Waals surface area contributed by atoms with Gasteiger partial charge in [-0.3, -0.25) is 5.10 Å². The van der Waals surface area contributed by atoms with Gasteiger partial charge in [0.1, 0.15) is 4.60 Å². The van der Waals surface area contributed by atoms with Crippen molar-refractivity contribution in [3.63, 3.8) is 0 Å². The molecule has 6 heteroatoms. The van der Waals surface area contributed by atoms with Crippen LogP contribution in [0.3, 0.4) is 0 Å². The molecule has 1 aliphatic rings. The predicted molar refractivity (Wildman–Crippen MR) is 52.7 cm³/mol. The first-order valence-corrected chi connectivity index (χ1v) is 5.10. The van der Waals surface area contributed by atoms with Crippen LogP contribution in [-0.4, -0.2) is 21.3 Å². The molecular formula is C8H10BrN3O2. The van der Waals surface area contributed by atoms with E-state index in [9.17, 15) is 4.79 Å². The number of aliphatic carboxylic acids is 1. The summed E-state index contributed by atoms with van der Waals surface area (Å²) >= 11 is 3.26. The highest BCUT2D eigenvalue weighted by atomic mass is 79.9. The van der Waals surface area contributed by atoms with E-state index in [0.717, 1.165) is 18.4 Å². The molecule has 0 radical (unpaired) electrons. The Balaban J connectivity index is 2.56. The molecule has 0 bridgehead atoms. The Kier molecular flexibility index (Phi) is 2.11. The lowest BCUT2D eigenvalue weighted by Gasteiger charge is -2.28. The van der Waals surface area contributed by atoms with Gasteiger partial charge in [-0.25, -0.2) is 4.79 Å². The molecule has 0 saturated heterocycles. The van der Waals surface area contributed by atoms with Crippen molar-refractivity contribution >= 4 is 21.9 Å². The Morgan fingerprint density at radius 1 is 1.71 bits per heavy atom. The van der Waals surface area contributed by atoms with Gasteiger partial charge in [0, 0.05) is 5.56 Å². The zero-order valence-corrected chi connectivity index (χ0v) is 8.97. The summed E-state index contributed by atoms with van der Waals surface area (Å²) in [4.78, 5) is 11.1. The zero-order valence-electron chi connectivity index (χ0n) is 7.38. The summed E-state index contributed by atoms with van der Waals surface area (Å²) in [5.74, 6) is -1.00. The molecule has 1 aromatic heterocycles. The van der Waals surface area contributed by atoms with Gasteiger partial charge in [-0.1, -0.05) is 0 Å². The maximum absolute atomic E-state index is 11.1. The third-order valence-electron chi connectivity index (χ3n) is 2.64. The van der Waals surface area contributed by atoms with Gasteiger partial charge in [-0.2, -0.15) is 5.10 Å². The highest BCUT2D eigenvalue weighted by Gasteiger charge is 2.42. The van der Waals surface area contributed by atoms with Crippen LogP contribution in [0, 0.1) is 0 Å². The number of hydrogen-bond donors (Lipinski definition) is 3. The second kappa shape index (κ2) is 3.06. The lowest BCUT2D eigenvalue weighted by Crippen LogP contribution is -2.47. The lowest BCUT2D eigenvalue weighted by atomic mass is 9.82. The van der Waals surface area contributed by atoms with Crippen molar-refractivity contribution in [3.8, 4) is 0 Å². The highest BCUT2D eigenvalue weighted by Crippen LogP contribution is 2.35. The maximum atomic E-state index is 11.1. The molecule has 1 aromatic rings. The molecule has 0 fully saturated rings. The number of H-pyrrole nitrogens is 1. The van der Waals surface area contributed by atoms with E-state index < -0.39 is 11.5 Å². The molecule has 4 N–H and O–H groups in total. The van der Waals surface area contributed by atoms with Gasteiger partial charge >= 0.3 is 5.97 Å². The van der Waals surface area contributed by atoms with Crippen molar-refractivity contribution in [1.82, 2.24) is 10.2 Å². The van der Waals surface area contributed by atoms with Crippen LogP contribution < -0.4 is 5.73 Å². The van der Waals surface area contributed by atoms with Crippen LogP contribution in [0.1, 0.15) is 24.1 Å². The topological polar surface area (TPSA) is 92.0 Å². The van der Waals surface area contributed by atoms with E-state index in [1.165, 1.54) is 0 Å². The Hall–Kier alpha value is -0.880. The predicted octanol–water partition coefficient (Wildman–Crippen LogP) is 0.747. The molecule has 0 spiro atoms. The van der Waals surface area contributed by atoms with Gasteiger partial charge in [0.2, 0.25) is 0 Å². The number of halogens is 1. The van der Waals surface area contributed by atoms with Gasteiger partial charge in [0.25, 0.3) is 0 Å². The SMILES string of the molecule is NC1(C(=O)O)CCCc2c(Br)n[nH]c21. The first-order valence-electron chi connectivity index (χ1n) is 4.31. The summed E-state index contributed by atoms with van der Waals surface area (Å²) in [5.41, 5.74) is 5.96. The van der Waals surface area contributed by atoms with E-state index in [1.807, 2.05) is 0 Å². The fourth-order valence-corrected chi connectivity index (χ4v) is 2.31. The number of carboxylic acids is 1. The van der Waals surface area contributed by atoms with Gasteiger partial charge in [0.05, 0.1) is 5.69 Å². The molecule has 1 unspecified atom stereocenters. The van der Waals surface area contributed by atoms with Crippen LogP contribution in [-0.2, 0) is 16.8 Å². The quantitative estimate of drug-likeness (QED) is 0.694. The van der Waals surface area contributed by atoms with E-state index in [-0.39, 0.29) is 0 Å². The number of carbonyl (C=O) groups is 1.